The van der Waals surface area contributed by atoms with Gasteiger partial charge in [-0.25, -0.2) is 9.18 Å². The predicted molar refractivity (Wildman–Crippen MR) is 66.7 cm³/mol. The van der Waals surface area contributed by atoms with Crippen LogP contribution in [-0.2, 0) is 23.9 Å². The van der Waals surface area contributed by atoms with Crippen LogP contribution in [0.5, 0.6) is 0 Å². The molecule has 0 aliphatic carbocycles. The zero-order valence-corrected chi connectivity index (χ0v) is 11.2. The Morgan fingerprint density at radius 3 is 2.38 bits per heavy atom. The Labute approximate surface area is 119 Å². The fourth-order valence-corrected chi connectivity index (χ4v) is 2.08. The molecule has 2 unspecified atom stereocenters. The lowest BCUT2D eigenvalue weighted by Crippen LogP contribution is -2.33. The number of rotatable bonds is 3. The van der Waals surface area contributed by atoms with Gasteiger partial charge in [-0.05, 0) is 17.7 Å². The fourth-order valence-electron chi connectivity index (χ4n) is 2.08. The molecule has 1 aromatic carbocycles. The standard InChI is InChI=1S/C13H12FNO6/c1-19-12(16)10-9(7-3-5-8(14)6-4-7)11(13(17)20-2)21-15(10)18/h3-6,9,11H,1-2H3. The quantitative estimate of drug-likeness (QED) is 0.597. The van der Waals surface area contributed by atoms with Gasteiger partial charge < -0.3 is 14.3 Å². The van der Waals surface area contributed by atoms with E-state index in [9.17, 15) is 19.2 Å². The third-order valence-corrected chi connectivity index (χ3v) is 3.06. The monoisotopic (exact) mass is 297 g/mol. The highest BCUT2D eigenvalue weighted by molar-refractivity contribution is 6.37. The van der Waals surface area contributed by atoms with Crippen molar-refractivity contribution in [3.05, 3.63) is 40.9 Å². The molecule has 1 aliphatic rings. The van der Waals surface area contributed by atoms with E-state index in [-0.39, 0.29) is 4.90 Å². The molecule has 8 heteroatoms. The highest BCUT2D eigenvalue weighted by Gasteiger charge is 2.50. The van der Waals surface area contributed by atoms with Gasteiger partial charge in [0.1, 0.15) is 11.7 Å². The minimum atomic E-state index is -1.34. The Kier molecular flexibility index (Phi) is 4.06. The molecule has 0 saturated carbocycles. The zero-order valence-electron chi connectivity index (χ0n) is 11.2. The molecule has 0 bridgehead atoms. The lowest BCUT2D eigenvalue weighted by atomic mass is 9.89. The molecule has 1 aromatic rings. The Balaban J connectivity index is 2.48. The molecule has 112 valence electrons. The van der Waals surface area contributed by atoms with Crippen molar-refractivity contribution in [2.45, 2.75) is 12.0 Å². The first-order chi connectivity index (χ1) is 9.99. The molecule has 0 amide bonds. The lowest BCUT2D eigenvalue weighted by Gasteiger charge is -2.16. The van der Waals surface area contributed by atoms with Crippen molar-refractivity contribution >= 4 is 17.7 Å². The van der Waals surface area contributed by atoms with E-state index in [1.54, 1.807) is 0 Å². The van der Waals surface area contributed by atoms with Crippen LogP contribution in [0.2, 0.25) is 0 Å². The maximum absolute atomic E-state index is 13.0. The first kappa shape index (κ1) is 14.8. The summed E-state index contributed by atoms with van der Waals surface area (Å²) in [5.74, 6) is -3.30. The van der Waals surface area contributed by atoms with Crippen LogP contribution in [0.3, 0.4) is 0 Å². The number of carbonyl (C=O) groups is 2. The summed E-state index contributed by atoms with van der Waals surface area (Å²) in [5, 5.41) is 11.7. The Bertz CT molecular complexity index is 597. The van der Waals surface area contributed by atoms with Crippen LogP contribution in [0.1, 0.15) is 11.5 Å². The van der Waals surface area contributed by atoms with E-state index in [2.05, 4.69) is 9.47 Å². The van der Waals surface area contributed by atoms with Gasteiger partial charge in [0.15, 0.2) is 6.10 Å². The van der Waals surface area contributed by atoms with E-state index in [0.29, 0.717) is 5.56 Å². The van der Waals surface area contributed by atoms with Gasteiger partial charge in [-0.1, -0.05) is 12.1 Å². The summed E-state index contributed by atoms with van der Waals surface area (Å²) in [6.07, 6.45) is -1.34. The summed E-state index contributed by atoms with van der Waals surface area (Å²) in [4.78, 5) is 28.2. The minimum Gasteiger partial charge on any atom is -0.468 e. The molecule has 0 aromatic heterocycles. The number of nitrogens with zero attached hydrogens (tertiary/aromatic N) is 1. The smallest absolute Gasteiger partial charge is 0.405 e. The molecule has 0 fully saturated rings. The highest BCUT2D eigenvalue weighted by Crippen LogP contribution is 2.30. The number of methoxy groups -OCH3 is 2. The lowest BCUT2D eigenvalue weighted by molar-refractivity contribution is -0.736. The number of ether oxygens (including phenoxy) is 2. The Morgan fingerprint density at radius 2 is 1.86 bits per heavy atom. The second-order valence-electron chi connectivity index (χ2n) is 4.21. The molecule has 1 aliphatic heterocycles. The normalized spacial score (nSPS) is 20.9. The van der Waals surface area contributed by atoms with Gasteiger partial charge >= 0.3 is 17.7 Å². The van der Waals surface area contributed by atoms with Crippen molar-refractivity contribution in [2.75, 3.05) is 14.2 Å². The zero-order chi connectivity index (χ0) is 15.6. The SMILES string of the molecule is COC(=O)C1=[N+]([O-])OC(C(=O)OC)C1c1ccc(F)cc1. The van der Waals surface area contributed by atoms with Crippen molar-refractivity contribution in [1.82, 2.24) is 0 Å². The van der Waals surface area contributed by atoms with Gasteiger partial charge in [0.05, 0.1) is 19.1 Å². The number of benzene rings is 1. The van der Waals surface area contributed by atoms with Crippen molar-refractivity contribution < 1.29 is 33.2 Å². The number of hydrogen-bond acceptors (Lipinski definition) is 6. The number of hydrogen-bond donors (Lipinski definition) is 0. The molecular weight excluding hydrogens is 285 g/mol. The van der Waals surface area contributed by atoms with Crippen LogP contribution in [0.25, 0.3) is 0 Å². The third kappa shape index (κ3) is 2.64. The van der Waals surface area contributed by atoms with Crippen LogP contribution in [0.4, 0.5) is 4.39 Å². The molecular formula is C13H12FNO6. The number of esters is 2. The number of carbonyl (C=O) groups excluding carboxylic acids is 2. The van der Waals surface area contributed by atoms with Gasteiger partial charge in [-0.2, -0.15) is 0 Å². The van der Waals surface area contributed by atoms with E-state index >= 15 is 0 Å². The first-order valence-corrected chi connectivity index (χ1v) is 5.92. The van der Waals surface area contributed by atoms with Crippen molar-refractivity contribution in [1.29, 1.82) is 0 Å². The van der Waals surface area contributed by atoms with Gasteiger partial charge in [-0.15, -0.1) is 0 Å². The molecule has 2 rings (SSSR count). The molecule has 7 nitrogen and oxygen atoms in total. The van der Waals surface area contributed by atoms with Crippen LogP contribution in [-0.4, -0.2) is 42.9 Å². The Hall–Kier alpha value is -2.64. The van der Waals surface area contributed by atoms with Crippen LogP contribution in [0.15, 0.2) is 24.3 Å². The molecule has 2 atom stereocenters. The average molecular weight is 297 g/mol. The van der Waals surface area contributed by atoms with Crippen molar-refractivity contribution in [2.24, 2.45) is 0 Å². The topological polar surface area (TPSA) is 87.9 Å². The maximum Gasteiger partial charge on any atom is 0.405 e. The summed E-state index contributed by atoms with van der Waals surface area (Å²) >= 11 is 0. The summed E-state index contributed by atoms with van der Waals surface area (Å²) in [7, 11) is 2.22. The highest BCUT2D eigenvalue weighted by atomic mass is 19.1. The van der Waals surface area contributed by atoms with E-state index < -0.39 is 35.5 Å². The van der Waals surface area contributed by atoms with Gasteiger partial charge in [0, 0.05) is 0 Å². The molecule has 0 radical (unpaired) electrons. The number of halogens is 1. The second kappa shape index (κ2) is 5.78. The summed E-state index contributed by atoms with van der Waals surface area (Å²) in [6.45, 7) is 0. The van der Waals surface area contributed by atoms with E-state index in [4.69, 9.17) is 4.84 Å². The van der Waals surface area contributed by atoms with Gasteiger partial charge in [0.2, 0.25) is 0 Å². The van der Waals surface area contributed by atoms with Crippen molar-refractivity contribution in [3.8, 4) is 0 Å². The molecule has 1 heterocycles. The average Bonchev–Trinajstić information content (AvgIpc) is 2.84. The summed E-state index contributed by atoms with van der Waals surface area (Å²) in [6, 6.07) is 4.99. The predicted octanol–water partition coefficient (Wildman–Crippen LogP) is 0.520. The van der Waals surface area contributed by atoms with E-state index in [1.807, 2.05) is 0 Å². The van der Waals surface area contributed by atoms with Gasteiger partial charge in [0.25, 0.3) is 0 Å². The van der Waals surface area contributed by atoms with E-state index in [0.717, 1.165) is 26.4 Å². The molecule has 0 saturated heterocycles. The van der Waals surface area contributed by atoms with E-state index in [1.165, 1.54) is 12.1 Å². The summed E-state index contributed by atoms with van der Waals surface area (Å²) < 4.78 is 22.1. The molecule has 0 N–H and O–H groups in total. The largest absolute Gasteiger partial charge is 0.468 e. The molecule has 0 spiro atoms. The maximum atomic E-state index is 13.0. The molecule has 21 heavy (non-hydrogen) atoms. The van der Waals surface area contributed by atoms with Crippen LogP contribution >= 0.6 is 0 Å². The van der Waals surface area contributed by atoms with Crippen molar-refractivity contribution in [3.63, 3.8) is 0 Å². The minimum absolute atomic E-state index is 0.0680. The summed E-state index contributed by atoms with van der Waals surface area (Å²) in [5.41, 5.74) is -0.0509. The first-order valence-electron chi connectivity index (χ1n) is 5.92. The van der Waals surface area contributed by atoms with Crippen LogP contribution in [0, 0.1) is 11.0 Å². The Morgan fingerprint density at radius 1 is 1.24 bits per heavy atom. The van der Waals surface area contributed by atoms with Gasteiger partial charge in [-0.3, -0.25) is 10.0 Å². The second-order valence-corrected chi connectivity index (χ2v) is 4.21. The third-order valence-electron chi connectivity index (χ3n) is 3.06. The fraction of sp³-hybridized carbons (Fsp3) is 0.308. The van der Waals surface area contributed by atoms with Crippen LogP contribution < -0.4 is 0 Å².